The Morgan fingerprint density at radius 3 is 2.64 bits per heavy atom. The molecular weight excluding hydrogens is 219 g/mol. The summed E-state index contributed by atoms with van der Waals surface area (Å²) < 4.78 is 0. The summed E-state index contributed by atoms with van der Waals surface area (Å²) in [5.74, 6) is 0.563. The predicted octanol–water partition coefficient (Wildman–Crippen LogP) is 3.18. The van der Waals surface area contributed by atoms with E-state index >= 15 is 0 Å². The molecule has 0 fully saturated rings. The van der Waals surface area contributed by atoms with Gasteiger partial charge < -0.3 is 0 Å². The standard InChI is InChI=1S/C10H16Cl2N2/c1-9(2)7-14(5-3-4-13)8-10(12)6-11/h6,9H,3,5,7-8H2,1-2H3. The van der Waals surface area contributed by atoms with Crippen LogP contribution in [0.4, 0.5) is 0 Å². The maximum absolute atomic E-state index is 8.49. The number of nitrogens with zero attached hydrogens (tertiary/aromatic N) is 2. The highest BCUT2D eigenvalue weighted by Crippen LogP contribution is 2.08. The third-order valence-electron chi connectivity index (χ3n) is 1.66. The smallest absolute Gasteiger partial charge is 0.0635 e. The van der Waals surface area contributed by atoms with E-state index in [0.717, 1.165) is 13.1 Å². The quantitative estimate of drug-likeness (QED) is 0.706. The summed E-state index contributed by atoms with van der Waals surface area (Å²) in [7, 11) is 0. The molecule has 14 heavy (non-hydrogen) atoms. The topological polar surface area (TPSA) is 27.0 Å². The van der Waals surface area contributed by atoms with Gasteiger partial charge in [-0.2, -0.15) is 5.26 Å². The second-order valence-electron chi connectivity index (χ2n) is 3.59. The molecular formula is C10H16Cl2N2. The van der Waals surface area contributed by atoms with E-state index in [-0.39, 0.29) is 0 Å². The van der Waals surface area contributed by atoms with Gasteiger partial charge in [0.15, 0.2) is 0 Å². The molecule has 0 heterocycles. The van der Waals surface area contributed by atoms with E-state index in [1.165, 1.54) is 5.54 Å². The molecule has 0 aromatic carbocycles. The zero-order valence-corrected chi connectivity index (χ0v) is 10.1. The van der Waals surface area contributed by atoms with E-state index in [0.29, 0.717) is 23.9 Å². The maximum atomic E-state index is 8.49. The molecule has 80 valence electrons. The zero-order valence-electron chi connectivity index (χ0n) is 8.63. The van der Waals surface area contributed by atoms with Crippen LogP contribution in [0.5, 0.6) is 0 Å². The van der Waals surface area contributed by atoms with E-state index in [1.807, 2.05) is 0 Å². The van der Waals surface area contributed by atoms with Crippen LogP contribution >= 0.6 is 23.2 Å². The third kappa shape index (κ3) is 7.20. The number of nitriles is 1. The van der Waals surface area contributed by atoms with Gasteiger partial charge in [0.1, 0.15) is 0 Å². The van der Waals surface area contributed by atoms with Crippen LogP contribution in [0.2, 0.25) is 0 Å². The highest BCUT2D eigenvalue weighted by atomic mass is 35.5. The SMILES string of the molecule is CC(C)CN(CCC#N)CC(Cl)=CCl. The van der Waals surface area contributed by atoms with Gasteiger partial charge >= 0.3 is 0 Å². The largest absolute Gasteiger partial charge is 0.297 e. The van der Waals surface area contributed by atoms with Gasteiger partial charge in [0.05, 0.1) is 6.07 Å². The van der Waals surface area contributed by atoms with Crippen molar-refractivity contribution in [3.63, 3.8) is 0 Å². The Morgan fingerprint density at radius 1 is 1.57 bits per heavy atom. The van der Waals surface area contributed by atoms with Crippen LogP contribution in [0.15, 0.2) is 10.6 Å². The summed E-state index contributed by atoms with van der Waals surface area (Å²) >= 11 is 11.3. The monoisotopic (exact) mass is 234 g/mol. The lowest BCUT2D eigenvalue weighted by Gasteiger charge is -2.22. The van der Waals surface area contributed by atoms with Crippen molar-refractivity contribution in [2.45, 2.75) is 20.3 Å². The van der Waals surface area contributed by atoms with Gasteiger partial charge in [0.25, 0.3) is 0 Å². The lowest BCUT2D eigenvalue weighted by molar-refractivity contribution is 0.272. The van der Waals surface area contributed by atoms with Gasteiger partial charge in [-0.05, 0) is 5.92 Å². The molecule has 0 aromatic rings. The van der Waals surface area contributed by atoms with Crippen molar-refractivity contribution in [2.24, 2.45) is 5.92 Å². The Kier molecular flexibility index (Phi) is 7.98. The van der Waals surface area contributed by atoms with Crippen LogP contribution in [0.1, 0.15) is 20.3 Å². The number of hydrogen-bond acceptors (Lipinski definition) is 2. The molecule has 0 radical (unpaired) electrons. The van der Waals surface area contributed by atoms with E-state index < -0.39 is 0 Å². The first kappa shape index (κ1) is 13.8. The predicted molar refractivity (Wildman–Crippen MR) is 61.3 cm³/mol. The van der Waals surface area contributed by atoms with Crippen molar-refractivity contribution in [2.75, 3.05) is 19.6 Å². The second-order valence-corrected chi connectivity index (χ2v) is 4.30. The fourth-order valence-corrected chi connectivity index (χ4v) is 1.45. The molecule has 0 aromatic heterocycles. The first-order chi connectivity index (χ1) is 6.60. The minimum atomic E-state index is 0.527. The van der Waals surface area contributed by atoms with Crippen LogP contribution in [0.3, 0.4) is 0 Å². The summed E-state index contributed by atoms with van der Waals surface area (Å²) in [6.45, 7) is 6.58. The Morgan fingerprint density at radius 2 is 2.21 bits per heavy atom. The van der Waals surface area contributed by atoms with Crippen molar-refractivity contribution in [1.82, 2.24) is 4.90 Å². The number of hydrogen-bond donors (Lipinski definition) is 0. The summed E-state index contributed by atoms with van der Waals surface area (Å²) in [5.41, 5.74) is 1.38. The molecule has 0 rings (SSSR count). The van der Waals surface area contributed by atoms with Gasteiger partial charge in [0, 0.05) is 36.6 Å². The highest BCUT2D eigenvalue weighted by Gasteiger charge is 2.08. The van der Waals surface area contributed by atoms with Gasteiger partial charge in [0.2, 0.25) is 0 Å². The lowest BCUT2D eigenvalue weighted by Crippen LogP contribution is -2.29. The van der Waals surface area contributed by atoms with Crippen LogP contribution in [-0.2, 0) is 0 Å². The molecule has 0 N–H and O–H groups in total. The van der Waals surface area contributed by atoms with Crippen LogP contribution in [0.25, 0.3) is 0 Å². The Hall–Kier alpha value is -0.230. The average molecular weight is 235 g/mol. The average Bonchev–Trinajstić information content (AvgIpc) is 2.13. The molecule has 0 atom stereocenters. The number of rotatable bonds is 6. The second kappa shape index (κ2) is 8.11. The molecule has 2 nitrogen and oxygen atoms in total. The Balaban J connectivity index is 4.04. The Bertz CT molecular complexity index is 219. The third-order valence-corrected chi connectivity index (χ3v) is 2.26. The van der Waals surface area contributed by atoms with E-state index in [9.17, 15) is 0 Å². The van der Waals surface area contributed by atoms with Crippen molar-refractivity contribution in [3.8, 4) is 6.07 Å². The number of halogens is 2. The molecule has 0 saturated heterocycles. The minimum Gasteiger partial charge on any atom is -0.297 e. The highest BCUT2D eigenvalue weighted by molar-refractivity contribution is 6.36. The molecule has 4 heteroatoms. The molecule has 0 amide bonds. The van der Waals surface area contributed by atoms with E-state index in [2.05, 4.69) is 24.8 Å². The Labute approximate surface area is 96.1 Å². The minimum absolute atomic E-state index is 0.527. The van der Waals surface area contributed by atoms with Gasteiger partial charge in [-0.3, -0.25) is 4.90 Å². The summed E-state index contributed by atoms with van der Waals surface area (Å²) in [4.78, 5) is 2.13. The zero-order chi connectivity index (χ0) is 11.0. The fourth-order valence-electron chi connectivity index (χ4n) is 1.21. The van der Waals surface area contributed by atoms with Crippen molar-refractivity contribution < 1.29 is 0 Å². The fraction of sp³-hybridized carbons (Fsp3) is 0.700. The van der Waals surface area contributed by atoms with Gasteiger partial charge in [-0.15, -0.1) is 0 Å². The van der Waals surface area contributed by atoms with Crippen molar-refractivity contribution in [1.29, 1.82) is 5.26 Å². The molecule has 0 aliphatic carbocycles. The van der Waals surface area contributed by atoms with Crippen LogP contribution < -0.4 is 0 Å². The molecule has 0 saturated carbocycles. The molecule has 0 bridgehead atoms. The van der Waals surface area contributed by atoms with Gasteiger partial charge in [-0.25, -0.2) is 0 Å². The van der Waals surface area contributed by atoms with Crippen molar-refractivity contribution >= 4 is 23.2 Å². The van der Waals surface area contributed by atoms with Crippen LogP contribution in [-0.4, -0.2) is 24.5 Å². The summed E-state index contributed by atoms with van der Waals surface area (Å²) in [6.07, 6.45) is 0.527. The molecule has 0 unspecified atom stereocenters. The first-order valence-corrected chi connectivity index (χ1v) is 5.45. The van der Waals surface area contributed by atoms with E-state index in [4.69, 9.17) is 28.5 Å². The molecule has 0 spiro atoms. The molecule has 0 aliphatic rings. The first-order valence-electron chi connectivity index (χ1n) is 4.64. The summed E-state index contributed by atoms with van der Waals surface area (Å²) in [5, 5.41) is 9.11. The normalized spacial score (nSPS) is 12.2. The molecule has 0 aliphatic heterocycles. The lowest BCUT2D eigenvalue weighted by atomic mass is 10.2. The maximum Gasteiger partial charge on any atom is 0.0635 e. The van der Waals surface area contributed by atoms with E-state index in [1.54, 1.807) is 0 Å². The van der Waals surface area contributed by atoms with Gasteiger partial charge in [-0.1, -0.05) is 37.0 Å². The summed E-state index contributed by atoms with van der Waals surface area (Å²) in [6, 6.07) is 2.13. The van der Waals surface area contributed by atoms with Crippen molar-refractivity contribution in [3.05, 3.63) is 10.6 Å². The van der Waals surface area contributed by atoms with Crippen LogP contribution in [0, 0.1) is 17.2 Å².